The summed E-state index contributed by atoms with van der Waals surface area (Å²) in [5.74, 6) is -1.92. The molecule has 0 atom stereocenters. The summed E-state index contributed by atoms with van der Waals surface area (Å²) in [4.78, 5) is 26.8. The Morgan fingerprint density at radius 2 is 1.80 bits per heavy atom. The summed E-state index contributed by atoms with van der Waals surface area (Å²) in [6.07, 6.45) is 1.38. The summed E-state index contributed by atoms with van der Waals surface area (Å²) in [5.41, 5.74) is -1.24. The zero-order valence-corrected chi connectivity index (χ0v) is 25.0. The molecule has 0 amide bonds. The molecule has 1 fully saturated rings. The minimum Gasteiger partial charge on any atom is -0.350 e. The second-order valence-corrected chi connectivity index (χ2v) is 13.7. The highest BCUT2D eigenvalue weighted by atomic mass is 127. The maximum atomic E-state index is 15.6. The molecule has 1 saturated carbocycles. The van der Waals surface area contributed by atoms with Gasteiger partial charge in [-0.25, -0.2) is 17.5 Å². The van der Waals surface area contributed by atoms with Gasteiger partial charge < -0.3 is 9.88 Å². The Labute approximate surface area is 242 Å². The summed E-state index contributed by atoms with van der Waals surface area (Å²) in [5, 5.41) is 6.41. The molecule has 5 rings (SSSR count). The van der Waals surface area contributed by atoms with Crippen molar-refractivity contribution in [2.75, 3.05) is 16.7 Å². The first-order chi connectivity index (χ1) is 18.8. The van der Waals surface area contributed by atoms with Gasteiger partial charge in [0.25, 0.3) is 11.1 Å². The van der Waals surface area contributed by atoms with E-state index in [4.69, 9.17) is 0 Å². The van der Waals surface area contributed by atoms with E-state index in [1.165, 1.54) is 30.9 Å². The molecule has 1 aliphatic rings. The van der Waals surface area contributed by atoms with E-state index < -0.39 is 43.7 Å². The van der Waals surface area contributed by atoms with E-state index in [-0.39, 0.29) is 28.3 Å². The van der Waals surface area contributed by atoms with Crippen LogP contribution in [0.4, 0.5) is 25.8 Å². The lowest BCUT2D eigenvalue weighted by atomic mass is 10.1. The molecule has 9 nitrogen and oxygen atoms in total. The van der Waals surface area contributed by atoms with Crippen LogP contribution in [0.2, 0.25) is 0 Å². The fourth-order valence-electron chi connectivity index (χ4n) is 4.47. The monoisotopic (exact) mass is 681 g/mol. The second-order valence-electron chi connectivity index (χ2n) is 9.97. The molecule has 2 heterocycles. The highest BCUT2D eigenvalue weighted by Crippen LogP contribution is 2.37. The maximum Gasteiger partial charge on any atom is 0.289 e. The van der Waals surface area contributed by atoms with Crippen molar-refractivity contribution in [1.82, 2.24) is 14.3 Å². The van der Waals surface area contributed by atoms with E-state index in [0.717, 1.165) is 8.87 Å². The van der Waals surface area contributed by atoms with Gasteiger partial charge in [0.1, 0.15) is 11.5 Å². The van der Waals surface area contributed by atoms with Crippen molar-refractivity contribution >= 4 is 60.6 Å². The lowest BCUT2D eigenvalue weighted by Crippen LogP contribution is -2.33. The number of rotatable bonds is 7. The van der Waals surface area contributed by atoms with Gasteiger partial charge in [-0.05, 0) is 79.6 Å². The van der Waals surface area contributed by atoms with E-state index in [1.54, 1.807) is 44.2 Å². The van der Waals surface area contributed by atoms with Crippen LogP contribution in [0.1, 0.15) is 32.7 Å². The lowest BCUT2D eigenvalue weighted by molar-refractivity contribution is 0.585. The average Bonchev–Trinajstić information content (AvgIpc) is 3.76. The van der Waals surface area contributed by atoms with E-state index in [2.05, 4.69) is 10.4 Å². The van der Waals surface area contributed by atoms with Gasteiger partial charge in [0.2, 0.25) is 15.8 Å². The van der Waals surface area contributed by atoms with Crippen molar-refractivity contribution in [2.45, 2.75) is 38.0 Å². The Hall–Kier alpha value is -3.33. The molecule has 2 aromatic carbocycles. The Bertz CT molecular complexity index is 1900. The molecule has 210 valence electrons. The Morgan fingerprint density at radius 3 is 2.42 bits per heavy atom. The van der Waals surface area contributed by atoms with Gasteiger partial charge in [-0.1, -0.05) is 12.1 Å². The molecular formula is C27H26F2IN5O4S. The first-order valence-electron chi connectivity index (χ1n) is 12.5. The Kier molecular flexibility index (Phi) is 7.23. The molecule has 1 aliphatic carbocycles. The van der Waals surface area contributed by atoms with Crippen LogP contribution in [0.3, 0.4) is 0 Å². The summed E-state index contributed by atoms with van der Waals surface area (Å²) in [7, 11) is -0.886. The van der Waals surface area contributed by atoms with Crippen LogP contribution in [0.25, 0.3) is 22.2 Å². The predicted octanol–water partition coefficient (Wildman–Crippen LogP) is 4.90. The lowest BCUT2D eigenvalue weighted by Gasteiger charge is -2.23. The predicted molar refractivity (Wildman–Crippen MR) is 160 cm³/mol. The van der Waals surface area contributed by atoms with Gasteiger partial charge in [-0.3, -0.25) is 13.9 Å². The summed E-state index contributed by atoms with van der Waals surface area (Å²) < 4.78 is 60.0. The number of fused-ring (bicyclic) bond motifs is 1. The number of aromatic nitrogens is 3. The Morgan fingerprint density at radius 1 is 1.10 bits per heavy atom. The van der Waals surface area contributed by atoms with Crippen LogP contribution >= 0.6 is 22.6 Å². The van der Waals surface area contributed by atoms with Crippen LogP contribution < -0.4 is 20.7 Å². The molecule has 13 heteroatoms. The number of sulfonamides is 1. The highest BCUT2D eigenvalue weighted by molar-refractivity contribution is 14.1. The molecule has 2 aromatic heterocycles. The first-order valence-corrected chi connectivity index (χ1v) is 15.1. The summed E-state index contributed by atoms with van der Waals surface area (Å²) in [6.45, 7) is 3.15. The third-order valence-corrected chi connectivity index (χ3v) is 9.77. The largest absolute Gasteiger partial charge is 0.350 e. The molecule has 4 aromatic rings. The minimum atomic E-state index is -3.65. The molecule has 40 heavy (non-hydrogen) atoms. The number of hydrogen-bond acceptors (Lipinski definition) is 6. The van der Waals surface area contributed by atoms with E-state index >= 15 is 4.39 Å². The fraction of sp³-hybridized carbons (Fsp3) is 0.296. The maximum absolute atomic E-state index is 15.6. The first kappa shape index (κ1) is 28.2. The van der Waals surface area contributed by atoms with Crippen molar-refractivity contribution in [1.29, 1.82) is 0 Å². The van der Waals surface area contributed by atoms with Gasteiger partial charge in [0, 0.05) is 23.2 Å². The summed E-state index contributed by atoms with van der Waals surface area (Å²) in [6, 6.07) is 10.5. The van der Waals surface area contributed by atoms with Crippen LogP contribution in [-0.2, 0) is 17.1 Å². The van der Waals surface area contributed by atoms with Gasteiger partial charge in [0.15, 0.2) is 0 Å². The van der Waals surface area contributed by atoms with E-state index in [1.807, 2.05) is 22.6 Å². The van der Waals surface area contributed by atoms with Gasteiger partial charge >= 0.3 is 0 Å². The number of anilines is 3. The van der Waals surface area contributed by atoms with Crippen molar-refractivity contribution in [3.8, 4) is 11.3 Å². The van der Waals surface area contributed by atoms with Crippen molar-refractivity contribution in [3.63, 3.8) is 0 Å². The summed E-state index contributed by atoms with van der Waals surface area (Å²) >= 11 is 1.94. The zero-order valence-electron chi connectivity index (χ0n) is 22.1. The van der Waals surface area contributed by atoms with Crippen LogP contribution in [0.15, 0.2) is 52.1 Å². The van der Waals surface area contributed by atoms with Crippen molar-refractivity contribution in [3.05, 3.63) is 78.4 Å². The van der Waals surface area contributed by atoms with Gasteiger partial charge in [-0.15, -0.1) is 0 Å². The normalized spacial score (nSPS) is 13.7. The van der Waals surface area contributed by atoms with Gasteiger partial charge in [-0.2, -0.15) is 9.49 Å². The number of halogens is 3. The molecule has 0 spiro atoms. The molecule has 0 bridgehead atoms. The molecule has 0 radical (unpaired) electrons. The molecule has 0 saturated heterocycles. The number of hydrogen-bond donors (Lipinski definition) is 1. The van der Waals surface area contributed by atoms with E-state index in [0.29, 0.717) is 27.7 Å². The number of nitrogens with zero attached hydrogens (tertiary/aromatic N) is 4. The standard InChI is InChI=1S/C27H26F2IN5O4S/c1-14(2)40(38,39)34(4)18-7-5-6-15(12-18)23-25-21(26(36)35(32-23)17-9-10-17)24(22(29)27(37)33(25)3)31-20-11-8-16(30)13-19(20)28/h5-8,11-14,17,31H,9-10H2,1-4H3. The smallest absolute Gasteiger partial charge is 0.289 e. The van der Waals surface area contributed by atoms with Crippen molar-refractivity contribution < 1.29 is 17.2 Å². The number of aryl methyl sites for hydroxylation is 1. The van der Waals surface area contributed by atoms with Gasteiger partial charge in [0.05, 0.1) is 39.3 Å². The third-order valence-electron chi connectivity index (χ3n) is 6.93. The van der Waals surface area contributed by atoms with Crippen LogP contribution in [-0.4, -0.2) is 35.1 Å². The molecule has 1 N–H and O–H groups in total. The topological polar surface area (TPSA) is 106 Å². The quantitative estimate of drug-likeness (QED) is 0.279. The molecule has 0 aliphatic heterocycles. The fourth-order valence-corrected chi connectivity index (χ4v) is 5.96. The number of nitrogens with one attached hydrogen (secondary N) is 1. The zero-order chi connectivity index (χ0) is 29.1. The minimum absolute atomic E-state index is 0.0354. The Balaban J connectivity index is 1.82. The average molecular weight is 682 g/mol. The number of pyridine rings is 1. The van der Waals surface area contributed by atoms with Crippen LogP contribution in [0.5, 0.6) is 0 Å². The highest BCUT2D eigenvalue weighted by Gasteiger charge is 2.31. The van der Waals surface area contributed by atoms with Crippen molar-refractivity contribution in [2.24, 2.45) is 7.05 Å². The third kappa shape index (κ3) is 4.78. The SMILES string of the molecule is CC(C)S(=O)(=O)N(C)c1cccc(-c2nn(C3CC3)c(=O)c3c(Nc4ccc(I)cc4F)c(F)c(=O)n(C)c23)c1. The number of benzene rings is 2. The van der Waals surface area contributed by atoms with Crippen LogP contribution in [0, 0.1) is 15.2 Å². The molecule has 0 unspecified atom stereocenters. The molecular weight excluding hydrogens is 655 g/mol. The van der Waals surface area contributed by atoms with E-state index in [9.17, 15) is 22.4 Å². The second kappa shape index (κ2) is 10.3.